The normalized spacial score (nSPS) is 11.0. The largest absolute Gasteiger partial charge is 0.490 e. The Morgan fingerprint density at radius 3 is 2.37 bits per heavy atom. The average Bonchev–Trinajstić information content (AvgIpc) is 2.71. The van der Waals surface area contributed by atoms with Gasteiger partial charge in [0, 0.05) is 11.5 Å². The lowest BCUT2D eigenvalue weighted by molar-refractivity contribution is 0.0735. The molecule has 3 rings (SSSR count). The van der Waals surface area contributed by atoms with Crippen LogP contribution in [-0.2, 0) is 0 Å². The van der Waals surface area contributed by atoms with Crippen molar-refractivity contribution in [3.8, 4) is 11.5 Å². The van der Waals surface area contributed by atoms with Gasteiger partial charge in [0.15, 0.2) is 0 Å². The van der Waals surface area contributed by atoms with Gasteiger partial charge in [-0.15, -0.1) is 0 Å². The summed E-state index contributed by atoms with van der Waals surface area (Å²) in [6.45, 7) is 2.28. The molecule has 0 bridgehead atoms. The second-order valence-electron chi connectivity index (χ2n) is 6.20. The summed E-state index contributed by atoms with van der Waals surface area (Å²) >= 11 is 0. The Hall–Kier alpha value is -3.61. The third-order valence-corrected chi connectivity index (χ3v) is 4.17. The van der Waals surface area contributed by atoms with E-state index >= 15 is 0 Å². The van der Waals surface area contributed by atoms with Crippen LogP contribution in [0.5, 0.6) is 11.5 Å². The van der Waals surface area contributed by atoms with E-state index in [1.54, 1.807) is 12.1 Å². The average molecular weight is 416 g/mol. The van der Waals surface area contributed by atoms with E-state index in [0.29, 0.717) is 12.4 Å². The second-order valence-corrected chi connectivity index (χ2v) is 6.20. The van der Waals surface area contributed by atoms with Gasteiger partial charge >= 0.3 is 5.97 Å². The third-order valence-electron chi connectivity index (χ3n) is 4.17. The smallest absolute Gasteiger partial charge is 0.343 e. The van der Waals surface area contributed by atoms with Crippen LogP contribution < -0.4 is 9.47 Å². The van der Waals surface area contributed by atoms with Gasteiger partial charge in [0.25, 0.3) is 6.08 Å². The van der Waals surface area contributed by atoms with Crippen molar-refractivity contribution >= 4 is 22.8 Å². The molecule has 0 N–H and O–H groups in total. The molecule has 0 fully saturated rings. The zero-order chi connectivity index (χ0) is 21.7. The lowest BCUT2D eigenvalue weighted by atomic mass is 10.0. The van der Waals surface area contributed by atoms with Crippen LogP contribution in [0.15, 0.2) is 66.8 Å². The van der Waals surface area contributed by atoms with Gasteiger partial charge in [-0.1, -0.05) is 12.2 Å². The first-order chi connectivity index (χ1) is 14.4. The minimum absolute atomic E-state index is 0.0553. The summed E-state index contributed by atoms with van der Waals surface area (Å²) in [4.78, 5) is 12.3. The van der Waals surface area contributed by atoms with Crippen LogP contribution in [0, 0.1) is 11.6 Å². The summed E-state index contributed by atoms with van der Waals surface area (Å²) in [5.74, 6) is -2.31. The van der Waals surface area contributed by atoms with E-state index in [9.17, 15) is 22.4 Å². The molecule has 3 aromatic carbocycles. The van der Waals surface area contributed by atoms with Crippen LogP contribution in [0.1, 0.15) is 22.8 Å². The molecule has 30 heavy (non-hydrogen) atoms. The molecule has 0 aliphatic rings. The van der Waals surface area contributed by atoms with Crippen LogP contribution in [0.25, 0.3) is 16.8 Å². The maximum Gasteiger partial charge on any atom is 0.343 e. The molecule has 154 valence electrons. The Morgan fingerprint density at radius 1 is 1.00 bits per heavy atom. The van der Waals surface area contributed by atoms with E-state index in [4.69, 9.17) is 9.47 Å². The highest BCUT2D eigenvalue weighted by Gasteiger charge is 2.15. The van der Waals surface area contributed by atoms with Crippen molar-refractivity contribution in [2.45, 2.75) is 6.92 Å². The van der Waals surface area contributed by atoms with Gasteiger partial charge < -0.3 is 9.47 Å². The van der Waals surface area contributed by atoms with Gasteiger partial charge in [0.1, 0.15) is 29.7 Å². The van der Waals surface area contributed by atoms with E-state index in [1.807, 2.05) is 19.1 Å². The minimum Gasteiger partial charge on any atom is -0.490 e. The first-order valence-electron chi connectivity index (χ1n) is 8.89. The quantitative estimate of drug-likeness (QED) is 0.198. The lowest BCUT2D eigenvalue weighted by Crippen LogP contribution is -2.08. The van der Waals surface area contributed by atoms with Crippen molar-refractivity contribution in [3.05, 3.63) is 89.5 Å². The third kappa shape index (κ3) is 4.86. The van der Waals surface area contributed by atoms with E-state index in [2.05, 4.69) is 0 Å². The Labute approximate surface area is 169 Å². The van der Waals surface area contributed by atoms with E-state index in [0.717, 1.165) is 6.07 Å². The lowest BCUT2D eigenvalue weighted by Gasteiger charge is -2.09. The summed E-state index contributed by atoms with van der Waals surface area (Å²) in [5.41, 5.74) is -0.575. The molecule has 0 aliphatic carbocycles. The van der Waals surface area contributed by atoms with Crippen LogP contribution in [0.3, 0.4) is 0 Å². The number of benzene rings is 3. The van der Waals surface area contributed by atoms with Crippen LogP contribution in [-0.4, -0.2) is 12.6 Å². The first-order valence-corrected chi connectivity index (χ1v) is 8.89. The highest BCUT2D eigenvalue weighted by Crippen LogP contribution is 2.29. The van der Waals surface area contributed by atoms with Gasteiger partial charge in [0.05, 0.1) is 11.1 Å². The second kappa shape index (κ2) is 9.26. The molecule has 0 saturated carbocycles. The molecule has 0 aromatic heterocycles. The maximum atomic E-state index is 14.4. The number of hydrogen-bond acceptors (Lipinski definition) is 3. The number of esters is 1. The standard InChI is InChI=1S/C23H16F4O3/c1-2-3-10-29-16-6-4-14(5-7-16)23(28)30-17-8-9-18-15(11-17)12-20(24)19(22(18)27)13-21(25)26/h2-9,11-13H,10H2,1H3. The highest BCUT2D eigenvalue weighted by molar-refractivity contribution is 5.92. The number of ether oxygens (including phenoxy) is 2. The first kappa shape index (κ1) is 21.1. The molecule has 0 heterocycles. The summed E-state index contributed by atoms with van der Waals surface area (Å²) in [5, 5.41) is -0.00854. The molecule has 0 spiro atoms. The number of rotatable bonds is 6. The molecule has 0 atom stereocenters. The van der Waals surface area contributed by atoms with Crippen molar-refractivity contribution in [3.63, 3.8) is 0 Å². The van der Waals surface area contributed by atoms with Gasteiger partial charge in [0.2, 0.25) is 0 Å². The summed E-state index contributed by atoms with van der Waals surface area (Å²) in [7, 11) is 0. The number of allylic oxidation sites excluding steroid dienone is 1. The topological polar surface area (TPSA) is 35.5 Å². The molecule has 0 radical (unpaired) electrons. The van der Waals surface area contributed by atoms with Crippen LogP contribution in [0.2, 0.25) is 0 Å². The predicted octanol–water partition coefficient (Wildman–Crippen LogP) is 6.53. The van der Waals surface area contributed by atoms with Crippen molar-refractivity contribution in [1.29, 1.82) is 0 Å². The molecular formula is C23H16F4O3. The van der Waals surface area contributed by atoms with Crippen LogP contribution in [0.4, 0.5) is 17.6 Å². The van der Waals surface area contributed by atoms with Crippen molar-refractivity contribution in [2.24, 2.45) is 0 Å². The fraction of sp³-hybridized carbons (Fsp3) is 0.0870. The number of fused-ring (bicyclic) bond motifs is 1. The number of hydrogen-bond donors (Lipinski definition) is 0. The Kier molecular flexibility index (Phi) is 6.51. The summed E-state index contributed by atoms with van der Waals surface area (Å²) in [6, 6.07) is 11.0. The fourth-order valence-corrected chi connectivity index (χ4v) is 2.72. The molecule has 7 heteroatoms. The summed E-state index contributed by atoms with van der Waals surface area (Å²) < 4.78 is 63.9. The highest BCUT2D eigenvalue weighted by atomic mass is 19.3. The SMILES string of the molecule is CC=CCOc1ccc(C(=O)Oc2ccc3c(F)c(C=C(F)F)c(F)cc3c2)cc1. The molecule has 0 aliphatic heterocycles. The number of carbonyl (C=O) groups excluding carboxylic acids is 1. The van der Waals surface area contributed by atoms with Crippen molar-refractivity contribution in [1.82, 2.24) is 0 Å². The monoisotopic (exact) mass is 416 g/mol. The van der Waals surface area contributed by atoms with Crippen LogP contribution >= 0.6 is 0 Å². The zero-order valence-corrected chi connectivity index (χ0v) is 15.8. The Morgan fingerprint density at radius 2 is 1.70 bits per heavy atom. The number of halogens is 4. The van der Waals surface area contributed by atoms with Gasteiger partial charge in [-0.2, -0.15) is 8.78 Å². The molecular weight excluding hydrogens is 400 g/mol. The van der Waals surface area contributed by atoms with E-state index in [-0.39, 0.29) is 28.2 Å². The zero-order valence-electron chi connectivity index (χ0n) is 15.8. The van der Waals surface area contributed by atoms with Crippen molar-refractivity contribution in [2.75, 3.05) is 6.61 Å². The van der Waals surface area contributed by atoms with Gasteiger partial charge in [-0.05, 0) is 60.8 Å². The Bertz CT molecular complexity index is 1130. The predicted molar refractivity (Wildman–Crippen MR) is 106 cm³/mol. The van der Waals surface area contributed by atoms with Gasteiger partial charge in [-0.25, -0.2) is 13.6 Å². The summed E-state index contributed by atoms with van der Waals surface area (Å²) in [6.07, 6.45) is 1.60. The maximum absolute atomic E-state index is 14.4. The molecule has 0 unspecified atom stereocenters. The molecule has 0 saturated heterocycles. The minimum atomic E-state index is -2.21. The van der Waals surface area contributed by atoms with E-state index in [1.165, 1.54) is 30.3 Å². The molecule has 3 nitrogen and oxygen atoms in total. The number of carbonyl (C=O) groups is 1. The molecule has 0 amide bonds. The molecule has 3 aromatic rings. The Balaban J connectivity index is 1.80. The van der Waals surface area contributed by atoms with E-state index < -0.39 is 29.2 Å². The van der Waals surface area contributed by atoms with Gasteiger partial charge in [-0.3, -0.25) is 0 Å². The fourth-order valence-electron chi connectivity index (χ4n) is 2.72. The van der Waals surface area contributed by atoms with Crippen molar-refractivity contribution < 1.29 is 31.8 Å².